The van der Waals surface area contributed by atoms with Gasteiger partial charge in [-0.2, -0.15) is 0 Å². The fraction of sp³-hybridized carbons (Fsp3) is 0.242. The number of ether oxygens (including phenoxy) is 2. The van der Waals surface area contributed by atoms with E-state index >= 15 is 0 Å². The third kappa shape index (κ3) is 9.53. The number of nitrogens with one attached hydrogen (secondary N) is 3. The summed E-state index contributed by atoms with van der Waals surface area (Å²) in [4.78, 5) is 55.0. The van der Waals surface area contributed by atoms with Crippen LogP contribution in [0.5, 0.6) is 0 Å². The van der Waals surface area contributed by atoms with Crippen LogP contribution in [0.1, 0.15) is 40.9 Å². The van der Waals surface area contributed by atoms with Crippen molar-refractivity contribution in [1.82, 2.24) is 15.6 Å². The lowest BCUT2D eigenvalue weighted by Gasteiger charge is -2.20. The van der Waals surface area contributed by atoms with Crippen molar-refractivity contribution in [3.05, 3.63) is 107 Å². The van der Waals surface area contributed by atoms with E-state index in [-0.39, 0.29) is 37.7 Å². The monoisotopic (exact) mass is 616 g/mol. The molecule has 3 aromatic carbocycles. The molecular formula is C33H33ClN4O6. The summed E-state index contributed by atoms with van der Waals surface area (Å²) in [6.45, 7) is 0.263. The van der Waals surface area contributed by atoms with Crippen molar-refractivity contribution in [2.75, 3.05) is 19.0 Å². The molecule has 0 radical (unpaired) electrons. The van der Waals surface area contributed by atoms with Crippen molar-refractivity contribution in [3.63, 3.8) is 0 Å². The van der Waals surface area contributed by atoms with Crippen molar-refractivity contribution < 1.29 is 28.7 Å². The van der Waals surface area contributed by atoms with Gasteiger partial charge < -0.3 is 25.4 Å². The first-order chi connectivity index (χ1) is 21.3. The first-order valence-electron chi connectivity index (χ1n) is 14.1. The Morgan fingerprint density at radius 2 is 1.73 bits per heavy atom. The Balaban J connectivity index is 1.40. The molecule has 0 saturated heterocycles. The van der Waals surface area contributed by atoms with Crippen LogP contribution in [0.4, 0.5) is 10.5 Å². The third-order valence-electron chi connectivity index (χ3n) is 6.75. The molecule has 0 spiro atoms. The topological polar surface area (TPSA) is 136 Å². The quantitative estimate of drug-likeness (QED) is 0.134. The first kappa shape index (κ1) is 32.0. The van der Waals surface area contributed by atoms with Crippen LogP contribution < -0.4 is 16.0 Å². The number of alkyl carbamates (subject to hydrolysis) is 1. The number of anilines is 1. The largest absolute Gasteiger partial charge is 0.469 e. The van der Waals surface area contributed by atoms with Crippen LogP contribution >= 0.6 is 11.6 Å². The van der Waals surface area contributed by atoms with Crippen LogP contribution in [0.3, 0.4) is 0 Å². The van der Waals surface area contributed by atoms with Crippen molar-refractivity contribution in [2.45, 2.75) is 38.3 Å². The Morgan fingerprint density at radius 3 is 2.55 bits per heavy atom. The highest BCUT2D eigenvalue weighted by Gasteiger charge is 2.23. The Labute approximate surface area is 260 Å². The average Bonchev–Trinajstić information content (AvgIpc) is 3.04. The fourth-order valence-corrected chi connectivity index (χ4v) is 4.65. The lowest BCUT2D eigenvalue weighted by molar-refractivity contribution is -0.140. The molecule has 4 rings (SSSR count). The number of methoxy groups -OCH3 is 1. The van der Waals surface area contributed by atoms with Gasteiger partial charge in [0, 0.05) is 29.1 Å². The molecule has 1 aromatic heterocycles. The number of carbonyl (C=O) groups is 4. The van der Waals surface area contributed by atoms with Gasteiger partial charge in [0.05, 0.1) is 12.6 Å². The maximum Gasteiger partial charge on any atom is 0.407 e. The summed E-state index contributed by atoms with van der Waals surface area (Å²) in [6.07, 6.45) is 0.470. The second-order valence-electron chi connectivity index (χ2n) is 9.91. The molecule has 0 saturated carbocycles. The second kappa shape index (κ2) is 16.0. The highest BCUT2D eigenvalue weighted by atomic mass is 35.5. The number of pyridine rings is 1. The zero-order valence-electron chi connectivity index (χ0n) is 24.2. The molecular weight excluding hydrogens is 584 g/mol. The summed E-state index contributed by atoms with van der Waals surface area (Å²) in [7, 11) is 1.32. The molecule has 0 aliphatic rings. The smallest absolute Gasteiger partial charge is 0.407 e. The van der Waals surface area contributed by atoms with E-state index < -0.39 is 23.9 Å². The van der Waals surface area contributed by atoms with E-state index in [1.807, 2.05) is 30.3 Å². The molecule has 0 aliphatic heterocycles. The highest BCUT2D eigenvalue weighted by Crippen LogP contribution is 2.19. The molecule has 11 heteroatoms. The number of carbonyl (C=O) groups excluding carboxylic acids is 4. The molecule has 0 bridgehead atoms. The lowest BCUT2D eigenvalue weighted by Crippen LogP contribution is -2.44. The number of nitrogens with zero attached hydrogens (tertiary/aromatic N) is 1. The van der Waals surface area contributed by atoms with Gasteiger partial charge in [0.25, 0.3) is 5.91 Å². The van der Waals surface area contributed by atoms with Gasteiger partial charge in [0.2, 0.25) is 5.91 Å². The second-order valence-corrected chi connectivity index (χ2v) is 10.3. The standard InChI is InChI=1S/C33H33ClN4O6/c1-43-30(39)18-16-24-10-3-5-13-27(24)37-31(40)28(38-32(41)29-17-15-23-9-2-4-12-26(23)36-29)14-7-19-35-33(42)44-21-22-8-6-11-25(34)20-22/h2-6,8-13,15,17,20,28H,7,14,16,18-19,21H2,1H3,(H,35,42)(H,37,40)(H,38,41)/t28-/m0/s1. The predicted octanol–water partition coefficient (Wildman–Crippen LogP) is 5.44. The molecule has 3 N–H and O–H groups in total. The molecule has 1 heterocycles. The molecule has 1 atom stereocenters. The van der Waals surface area contributed by atoms with E-state index in [9.17, 15) is 19.2 Å². The molecule has 44 heavy (non-hydrogen) atoms. The van der Waals surface area contributed by atoms with E-state index in [2.05, 4.69) is 20.9 Å². The normalized spacial score (nSPS) is 11.3. The summed E-state index contributed by atoms with van der Waals surface area (Å²) >= 11 is 5.97. The summed E-state index contributed by atoms with van der Waals surface area (Å²) in [6, 6.07) is 24.0. The summed E-state index contributed by atoms with van der Waals surface area (Å²) in [5, 5.41) is 9.77. The number of fused-ring (bicyclic) bond motifs is 1. The minimum absolute atomic E-state index is 0.0572. The van der Waals surface area contributed by atoms with Gasteiger partial charge in [0.15, 0.2) is 0 Å². The van der Waals surface area contributed by atoms with E-state index in [0.717, 1.165) is 16.5 Å². The number of halogens is 1. The number of hydrogen-bond donors (Lipinski definition) is 3. The number of aryl methyl sites for hydroxylation is 1. The highest BCUT2D eigenvalue weighted by molar-refractivity contribution is 6.30. The van der Waals surface area contributed by atoms with Gasteiger partial charge in [-0.1, -0.05) is 66.2 Å². The van der Waals surface area contributed by atoms with Gasteiger partial charge in [0.1, 0.15) is 18.3 Å². The zero-order chi connectivity index (χ0) is 31.3. The van der Waals surface area contributed by atoms with E-state index in [4.69, 9.17) is 21.1 Å². The fourth-order valence-electron chi connectivity index (χ4n) is 4.44. The van der Waals surface area contributed by atoms with Crippen LogP contribution in [-0.2, 0) is 32.1 Å². The number of amides is 3. The molecule has 3 amide bonds. The SMILES string of the molecule is COC(=O)CCc1ccccc1NC(=O)[C@H](CCCNC(=O)OCc1cccc(Cl)c1)NC(=O)c1ccc2ccccc2n1. The Hall–Kier alpha value is -4.96. The van der Waals surface area contributed by atoms with Crippen LogP contribution in [0.25, 0.3) is 10.9 Å². The number of aromatic nitrogens is 1. The predicted molar refractivity (Wildman–Crippen MR) is 167 cm³/mol. The van der Waals surface area contributed by atoms with Crippen molar-refractivity contribution >= 4 is 52.1 Å². The molecule has 228 valence electrons. The van der Waals surface area contributed by atoms with E-state index in [0.29, 0.717) is 29.1 Å². The first-order valence-corrected chi connectivity index (χ1v) is 14.5. The minimum atomic E-state index is -0.950. The molecule has 4 aromatic rings. The summed E-state index contributed by atoms with van der Waals surface area (Å²) < 4.78 is 9.97. The molecule has 10 nitrogen and oxygen atoms in total. The number of esters is 1. The van der Waals surface area contributed by atoms with Crippen LogP contribution in [0.2, 0.25) is 5.02 Å². The lowest BCUT2D eigenvalue weighted by atomic mass is 10.1. The maximum absolute atomic E-state index is 13.5. The van der Waals surface area contributed by atoms with Gasteiger partial charge in [-0.05, 0) is 60.7 Å². The van der Waals surface area contributed by atoms with Gasteiger partial charge >= 0.3 is 12.1 Å². The summed E-state index contributed by atoms with van der Waals surface area (Å²) in [5.74, 6) is -1.32. The van der Waals surface area contributed by atoms with Gasteiger partial charge in [-0.3, -0.25) is 14.4 Å². The maximum atomic E-state index is 13.5. The Kier molecular flexibility index (Phi) is 11.7. The van der Waals surface area contributed by atoms with Crippen LogP contribution in [0, 0.1) is 0 Å². The Bertz CT molecular complexity index is 1630. The minimum Gasteiger partial charge on any atom is -0.469 e. The number of benzene rings is 3. The van der Waals surface area contributed by atoms with Crippen molar-refractivity contribution in [3.8, 4) is 0 Å². The average molecular weight is 617 g/mol. The molecule has 0 unspecified atom stereocenters. The van der Waals surface area contributed by atoms with Gasteiger partial charge in [-0.15, -0.1) is 0 Å². The summed E-state index contributed by atoms with van der Waals surface area (Å²) in [5.41, 5.74) is 2.84. The molecule has 0 fully saturated rings. The molecule has 0 aliphatic carbocycles. The number of hydrogen-bond acceptors (Lipinski definition) is 7. The third-order valence-corrected chi connectivity index (χ3v) is 6.99. The number of para-hydroxylation sites is 2. The zero-order valence-corrected chi connectivity index (χ0v) is 24.9. The van der Waals surface area contributed by atoms with Crippen LogP contribution in [-0.4, -0.2) is 48.6 Å². The van der Waals surface area contributed by atoms with E-state index in [1.165, 1.54) is 7.11 Å². The van der Waals surface area contributed by atoms with Crippen molar-refractivity contribution in [2.24, 2.45) is 0 Å². The van der Waals surface area contributed by atoms with Crippen molar-refractivity contribution in [1.29, 1.82) is 0 Å². The van der Waals surface area contributed by atoms with Gasteiger partial charge in [-0.25, -0.2) is 9.78 Å². The number of rotatable bonds is 13. The Morgan fingerprint density at radius 1 is 0.932 bits per heavy atom. The van der Waals surface area contributed by atoms with Crippen LogP contribution in [0.15, 0.2) is 84.9 Å². The van der Waals surface area contributed by atoms with E-state index in [1.54, 1.807) is 54.6 Å².